The maximum absolute atomic E-state index is 13.7. The second-order valence-electron chi connectivity index (χ2n) is 10.8. The first-order chi connectivity index (χ1) is 23.4. The van der Waals surface area contributed by atoms with Gasteiger partial charge in [0.15, 0.2) is 0 Å². The molecule has 1 atom stereocenters. The van der Waals surface area contributed by atoms with Gasteiger partial charge in [0.05, 0.1) is 0 Å². The van der Waals surface area contributed by atoms with E-state index in [1.807, 2.05) is 115 Å². The molecule has 0 bridgehead atoms. The van der Waals surface area contributed by atoms with Crippen LogP contribution in [0.4, 0.5) is 11.4 Å². The molecular formula is C40H30IN3O3S. The van der Waals surface area contributed by atoms with Crippen LogP contribution in [0.15, 0.2) is 162 Å². The van der Waals surface area contributed by atoms with Crippen molar-refractivity contribution in [2.45, 2.75) is 10.1 Å². The van der Waals surface area contributed by atoms with Crippen LogP contribution in [0, 0.1) is 3.57 Å². The Bertz CT molecular complexity index is 2080. The number of hydrogen-bond acceptors (Lipinski definition) is 4. The molecule has 6 rings (SSSR count). The molecule has 0 radical (unpaired) electrons. The van der Waals surface area contributed by atoms with Gasteiger partial charge in [0.1, 0.15) is 10.9 Å². The summed E-state index contributed by atoms with van der Waals surface area (Å²) in [6, 6.07) is 47.1. The van der Waals surface area contributed by atoms with Crippen LogP contribution in [-0.4, -0.2) is 17.7 Å². The van der Waals surface area contributed by atoms with Crippen LogP contribution < -0.4 is 16.0 Å². The lowest BCUT2D eigenvalue weighted by atomic mass is 10.0. The van der Waals surface area contributed by atoms with E-state index in [2.05, 4.69) is 38.5 Å². The smallest absolute Gasteiger partial charge is 0.272 e. The van der Waals surface area contributed by atoms with E-state index in [4.69, 9.17) is 0 Å². The molecule has 0 aromatic heterocycles. The average molecular weight is 760 g/mol. The van der Waals surface area contributed by atoms with Crippen molar-refractivity contribution in [1.82, 2.24) is 5.32 Å². The molecule has 8 heteroatoms. The molecule has 0 saturated heterocycles. The third-order valence-electron chi connectivity index (χ3n) is 7.47. The van der Waals surface area contributed by atoms with E-state index >= 15 is 0 Å². The highest BCUT2D eigenvalue weighted by Gasteiger charge is 2.23. The predicted octanol–water partition coefficient (Wildman–Crippen LogP) is 9.33. The summed E-state index contributed by atoms with van der Waals surface area (Å²) >= 11 is 3.65. The number of carbonyl (C=O) groups is 3. The zero-order valence-electron chi connectivity index (χ0n) is 25.6. The highest BCUT2D eigenvalue weighted by molar-refractivity contribution is 14.1. The number of fused-ring (bicyclic) bond motifs is 1. The number of carbonyl (C=O) groups excluding carboxylic acids is 3. The number of thioether (sulfide) groups is 1. The van der Waals surface area contributed by atoms with Crippen molar-refractivity contribution >= 4 is 80.3 Å². The van der Waals surface area contributed by atoms with Gasteiger partial charge in [-0.3, -0.25) is 14.4 Å². The van der Waals surface area contributed by atoms with E-state index in [1.54, 1.807) is 42.5 Å². The number of rotatable bonds is 10. The number of anilines is 2. The van der Waals surface area contributed by atoms with E-state index in [0.717, 1.165) is 36.1 Å². The molecule has 6 aromatic rings. The molecule has 3 amide bonds. The normalized spacial score (nSPS) is 11.8. The summed E-state index contributed by atoms with van der Waals surface area (Å²) in [5, 5.41) is 10.3. The SMILES string of the molecule is O=C(Nc1ccc(SC(C(=O)Nc2ccc(I)cc2)c2ccccc2)cc1)/C(=C/c1cccc2ccccc12)NC(=O)c1ccccc1. The van der Waals surface area contributed by atoms with Crippen molar-refractivity contribution in [2.24, 2.45) is 0 Å². The van der Waals surface area contributed by atoms with Crippen LogP contribution in [-0.2, 0) is 9.59 Å². The zero-order chi connectivity index (χ0) is 33.3. The van der Waals surface area contributed by atoms with Crippen LogP contribution in [0.3, 0.4) is 0 Å². The molecule has 0 aliphatic heterocycles. The van der Waals surface area contributed by atoms with Gasteiger partial charge < -0.3 is 16.0 Å². The fourth-order valence-electron chi connectivity index (χ4n) is 5.07. The standard InChI is InChI=1S/C40H30IN3O3S/c41-31-18-20-32(21-19-31)43-40(47)37(28-11-3-1-4-12-28)48-34-24-22-33(23-25-34)42-39(46)36(44-38(45)29-13-5-2-6-14-29)26-30-16-9-15-27-10-7-8-17-35(27)30/h1-26,37H,(H,42,46)(H,43,47)(H,44,45)/b36-26-. The number of nitrogens with one attached hydrogen (secondary N) is 3. The fourth-order valence-corrected chi connectivity index (χ4v) is 6.45. The molecule has 236 valence electrons. The lowest BCUT2D eigenvalue weighted by Gasteiger charge is -2.17. The Morgan fingerprint density at radius 1 is 0.625 bits per heavy atom. The third kappa shape index (κ3) is 8.39. The molecule has 1 unspecified atom stereocenters. The average Bonchev–Trinajstić information content (AvgIpc) is 3.12. The van der Waals surface area contributed by atoms with Gasteiger partial charge >= 0.3 is 0 Å². The van der Waals surface area contributed by atoms with Crippen molar-refractivity contribution in [1.29, 1.82) is 0 Å². The minimum atomic E-state index is -0.505. The molecule has 48 heavy (non-hydrogen) atoms. The number of amides is 3. The van der Waals surface area contributed by atoms with Crippen molar-refractivity contribution < 1.29 is 14.4 Å². The lowest BCUT2D eigenvalue weighted by molar-refractivity contribution is -0.116. The summed E-state index contributed by atoms with van der Waals surface area (Å²) in [4.78, 5) is 41.2. The number of hydrogen-bond donors (Lipinski definition) is 3. The van der Waals surface area contributed by atoms with Gasteiger partial charge in [0, 0.05) is 25.4 Å². The summed E-state index contributed by atoms with van der Waals surface area (Å²) < 4.78 is 1.08. The maximum atomic E-state index is 13.7. The molecular weight excluding hydrogens is 729 g/mol. The minimum absolute atomic E-state index is 0.107. The predicted molar refractivity (Wildman–Crippen MR) is 204 cm³/mol. The Hall–Kier alpha value is -5.19. The Balaban J connectivity index is 1.22. The first-order valence-electron chi connectivity index (χ1n) is 15.2. The van der Waals surface area contributed by atoms with E-state index in [9.17, 15) is 14.4 Å². The van der Waals surface area contributed by atoms with Gasteiger partial charge in [0.2, 0.25) is 5.91 Å². The van der Waals surface area contributed by atoms with Gasteiger partial charge in [-0.2, -0.15) is 0 Å². The number of halogens is 1. The molecule has 0 aliphatic carbocycles. The quantitative estimate of drug-likeness (QED) is 0.0739. The second-order valence-corrected chi connectivity index (χ2v) is 13.3. The summed E-state index contributed by atoms with van der Waals surface area (Å²) in [7, 11) is 0. The highest BCUT2D eigenvalue weighted by Crippen LogP contribution is 2.37. The van der Waals surface area contributed by atoms with Crippen molar-refractivity contribution in [3.63, 3.8) is 0 Å². The summed E-state index contributed by atoms with van der Waals surface area (Å²) in [5.74, 6) is -0.992. The molecule has 3 N–H and O–H groups in total. The topological polar surface area (TPSA) is 87.3 Å². The van der Waals surface area contributed by atoms with Crippen LogP contribution in [0.2, 0.25) is 0 Å². The molecule has 6 nitrogen and oxygen atoms in total. The summed E-state index contributed by atoms with van der Waals surface area (Å²) in [6.07, 6.45) is 1.69. The van der Waals surface area contributed by atoms with Crippen LogP contribution in [0.1, 0.15) is 26.7 Å². The Morgan fingerprint density at radius 2 is 1.23 bits per heavy atom. The highest BCUT2D eigenvalue weighted by atomic mass is 127. The number of benzene rings is 6. The van der Waals surface area contributed by atoms with Crippen LogP contribution in [0.5, 0.6) is 0 Å². The van der Waals surface area contributed by atoms with Crippen molar-refractivity contribution in [2.75, 3.05) is 10.6 Å². The Labute approximate surface area is 296 Å². The molecule has 0 saturated carbocycles. The molecule has 0 aliphatic rings. The van der Waals surface area contributed by atoms with Gasteiger partial charge in [0.25, 0.3) is 11.8 Å². The zero-order valence-corrected chi connectivity index (χ0v) is 28.6. The lowest BCUT2D eigenvalue weighted by Crippen LogP contribution is -2.30. The van der Waals surface area contributed by atoms with E-state index < -0.39 is 11.2 Å². The first-order valence-corrected chi connectivity index (χ1v) is 17.1. The molecule has 0 fully saturated rings. The van der Waals surface area contributed by atoms with Gasteiger partial charge in [-0.25, -0.2) is 0 Å². The monoisotopic (exact) mass is 759 g/mol. The maximum Gasteiger partial charge on any atom is 0.272 e. The van der Waals surface area contributed by atoms with Crippen LogP contribution in [0.25, 0.3) is 16.8 Å². The van der Waals surface area contributed by atoms with Crippen LogP contribution >= 0.6 is 34.4 Å². The summed E-state index contributed by atoms with van der Waals surface area (Å²) in [5.41, 5.74) is 3.49. The van der Waals surface area contributed by atoms with Crippen molar-refractivity contribution in [3.05, 3.63) is 178 Å². The van der Waals surface area contributed by atoms with Gasteiger partial charge in [-0.05, 0) is 111 Å². The van der Waals surface area contributed by atoms with Crippen molar-refractivity contribution in [3.8, 4) is 0 Å². The Morgan fingerprint density at radius 3 is 1.96 bits per heavy atom. The van der Waals surface area contributed by atoms with E-state index in [-0.39, 0.29) is 17.5 Å². The fraction of sp³-hybridized carbons (Fsp3) is 0.0250. The van der Waals surface area contributed by atoms with E-state index in [1.165, 1.54) is 11.8 Å². The van der Waals surface area contributed by atoms with Gasteiger partial charge in [-0.15, -0.1) is 11.8 Å². The minimum Gasteiger partial charge on any atom is -0.325 e. The summed E-state index contributed by atoms with van der Waals surface area (Å²) in [6.45, 7) is 0. The first kappa shape index (κ1) is 32.7. The Kier molecular flexibility index (Phi) is 10.6. The largest absolute Gasteiger partial charge is 0.325 e. The van der Waals surface area contributed by atoms with E-state index in [0.29, 0.717) is 11.3 Å². The van der Waals surface area contributed by atoms with Gasteiger partial charge in [-0.1, -0.05) is 91.0 Å². The molecule has 0 heterocycles. The second kappa shape index (κ2) is 15.6. The molecule has 0 spiro atoms. The third-order valence-corrected chi connectivity index (χ3v) is 9.46. The molecule has 6 aromatic carbocycles.